The highest BCUT2D eigenvalue weighted by Gasteiger charge is 2.43. The third-order valence-corrected chi connectivity index (χ3v) is 7.96. The van der Waals surface area contributed by atoms with Crippen LogP contribution in [-0.4, -0.2) is 76.9 Å². The highest BCUT2D eigenvalue weighted by Crippen LogP contribution is 2.41. The van der Waals surface area contributed by atoms with Crippen LogP contribution in [0.5, 0.6) is 5.75 Å². The van der Waals surface area contributed by atoms with Crippen molar-refractivity contribution in [3.63, 3.8) is 0 Å². The van der Waals surface area contributed by atoms with Crippen molar-refractivity contribution in [3.05, 3.63) is 66.0 Å². The summed E-state index contributed by atoms with van der Waals surface area (Å²) in [5.74, 6) is 1.54. The molecular formula is C28H34N4O3. The molecule has 6 rings (SSSR count). The molecule has 0 saturated carbocycles. The van der Waals surface area contributed by atoms with E-state index >= 15 is 0 Å². The highest BCUT2D eigenvalue weighted by atomic mass is 16.5. The Morgan fingerprint density at radius 1 is 1.06 bits per heavy atom. The highest BCUT2D eigenvalue weighted by molar-refractivity contribution is 5.95. The summed E-state index contributed by atoms with van der Waals surface area (Å²) in [6, 6.07) is 14.8. The average molecular weight is 475 g/mol. The number of hydrogen-bond donors (Lipinski definition) is 0. The number of aromatic nitrogens is 2. The van der Waals surface area contributed by atoms with Crippen molar-refractivity contribution in [2.24, 2.45) is 5.92 Å². The fourth-order valence-electron chi connectivity index (χ4n) is 6.27. The standard InChI is InChI=1S/C28H34N4O3/c33-28(23-3-1-5-26(20-23)35-16-13-30-11-14-34-15-12-30)32-24-6-7-25(32)19-21(18-24)17-22-4-2-10-31-27(22)8-9-29-31/h1-5,8-10,20-21,24-25H,6-7,11-19H2/t24-,25-/m0/s1. The predicted octanol–water partition coefficient (Wildman–Crippen LogP) is 3.67. The SMILES string of the molecule is O=C(c1cccc(OCCN2CCOCC2)c1)N1[C@H]2CC[C@H]1CC(Cc1cccn3nccc13)C2. The Morgan fingerprint density at radius 2 is 1.89 bits per heavy atom. The van der Waals surface area contributed by atoms with Gasteiger partial charge in [0.1, 0.15) is 12.4 Å². The number of carbonyl (C=O) groups is 1. The van der Waals surface area contributed by atoms with Crippen LogP contribution < -0.4 is 4.74 Å². The number of pyridine rings is 1. The summed E-state index contributed by atoms with van der Waals surface area (Å²) in [6.45, 7) is 5.01. The molecule has 0 spiro atoms. The summed E-state index contributed by atoms with van der Waals surface area (Å²) < 4.78 is 13.4. The lowest BCUT2D eigenvalue weighted by Crippen LogP contribution is -2.46. The first-order valence-corrected chi connectivity index (χ1v) is 13.0. The van der Waals surface area contributed by atoms with Gasteiger partial charge in [-0.1, -0.05) is 12.1 Å². The molecule has 3 saturated heterocycles. The molecule has 7 nitrogen and oxygen atoms in total. The molecule has 2 aromatic heterocycles. The van der Waals surface area contributed by atoms with Gasteiger partial charge in [-0.3, -0.25) is 9.69 Å². The molecule has 1 aromatic carbocycles. The number of fused-ring (bicyclic) bond motifs is 3. The van der Waals surface area contributed by atoms with E-state index in [0.29, 0.717) is 24.6 Å². The van der Waals surface area contributed by atoms with Crippen LogP contribution in [0.2, 0.25) is 0 Å². The number of rotatable bonds is 7. The number of piperidine rings is 1. The molecule has 1 amide bonds. The minimum atomic E-state index is 0.160. The number of nitrogens with zero attached hydrogens (tertiary/aromatic N) is 4. The zero-order valence-corrected chi connectivity index (χ0v) is 20.2. The van der Waals surface area contributed by atoms with Crippen LogP contribution >= 0.6 is 0 Å². The van der Waals surface area contributed by atoms with E-state index < -0.39 is 0 Å². The molecule has 0 aliphatic carbocycles. The summed E-state index contributed by atoms with van der Waals surface area (Å²) in [4.78, 5) is 18.1. The van der Waals surface area contributed by atoms with E-state index in [1.165, 1.54) is 11.1 Å². The van der Waals surface area contributed by atoms with E-state index in [2.05, 4.69) is 33.1 Å². The number of ether oxygens (including phenoxy) is 2. The van der Waals surface area contributed by atoms with Crippen LogP contribution in [-0.2, 0) is 11.2 Å². The fourth-order valence-corrected chi connectivity index (χ4v) is 6.27. The molecule has 2 atom stereocenters. The quantitative estimate of drug-likeness (QED) is 0.523. The summed E-state index contributed by atoms with van der Waals surface area (Å²) in [5.41, 5.74) is 3.30. The smallest absolute Gasteiger partial charge is 0.254 e. The maximum absolute atomic E-state index is 13.6. The van der Waals surface area contributed by atoms with Gasteiger partial charge < -0.3 is 14.4 Å². The summed E-state index contributed by atoms with van der Waals surface area (Å²) in [5, 5.41) is 4.38. The van der Waals surface area contributed by atoms with Gasteiger partial charge in [-0.05, 0) is 73.9 Å². The topological polar surface area (TPSA) is 59.3 Å². The average Bonchev–Trinajstić information content (AvgIpc) is 3.47. The first-order chi connectivity index (χ1) is 17.2. The van der Waals surface area contributed by atoms with Gasteiger partial charge in [-0.15, -0.1) is 0 Å². The molecule has 3 aromatic rings. The van der Waals surface area contributed by atoms with Gasteiger partial charge in [0.05, 0.1) is 18.7 Å². The second kappa shape index (κ2) is 9.99. The van der Waals surface area contributed by atoms with E-state index in [1.54, 1.807) is 0 Å². The molecule has 184 valence electrons. The predicted molar refractivity (Wildman–Crippen MR) is 134 cm³/mol. The Morgan fingerprint density at radius 3 is 2.71 bits per heavy atom. The third-order valence-electron chi connectivity index (χ3n) is 7.96. The van der Waals surface area contributed by atoms with Crippen molar-refractivity contribution in [1.82, 2.24) is 19.4 Å². The first-order valence-electron chi connectivity index (χ1n) is 13.0. The van der Waals surface area contributed by atoms with E-state index in [-0.39, 0.29) is 5.91 Å². The van der Waals surface area contributed by atoms with Crippen LogP contribution in [0.25, 0.3) is 5.52 Å². The van der Waals surface area contributed by atoms with Gasteiger partial charge in [0.25, 0.3) is 5.91 Å². The number of morpholine rings is 1. The molecule has 3 fully saturated rings. The fraction of sp³-hybridized carbons (Fsp3) is 0.500. The van der Waals surface area contributed by atoms with Gasteiger partial charge in [0, 0.05) is 49.7 Å². The van der Waals surface area contributed by atoms with Crippen molar-refractivity contribution < 1.29 is 14.3 Å². The maximum atomic E-state index is 13.6. The normalized spacial score (nSPS) is 24.7. The first kappa shape index (κ1) is 22.6. The van der Waals surface area contributed by atoms with Crippen molar-refractivity contribution >= 4 is 11.4 Å². The van der Waals surface area contributed by atoms with E-state index in [4.69, 9.17) is 9.47 Å². The Hall–Kier alpha value is -2.90. The van der Waals surface area contributed by atoms with Crippen molar-refractivity contribution in [2.45, 2.75) is 44.2 Å². The summed E-state index contributed by atoms with van der Waals surface area (Å²) in [7, 11) is 0. The monoisotopic (exact) mass is 474 g/mol. The van der Waals surface area contributed by atoms with Gasteiger partial charge in [0.2, 0.25) is 0 Å². The lowest BCUT2D eigenvalue weighted by Gasteiger charge is -2.39. The van der Waals surface area contributed by atoms with Crippen LogP contribution in [0, 0.1) is 5.92 Å². The molecule has 0 unspecified atom stereocenters. The second-order valence-electron chi connectivity index (χ2n) is 10.2. The minimum absolute atomic E-state index is 0.160. The number of carbonyl (C=O) groups excluding carboxylic acids is 1. The second-order valence-corrected chi connectivity index (χ2v) is 10.2. The molecule has 35 heavy (non-hydrogen) atoms. The lowest BCUT2D eigenvalue weighted by molar-refractivity contribution is 0.0322. The molecule has 7 heteroatoms. The van der Waals surface area contributed by atoms with Crippen molar-refractivity contribution in [1.29, 1.82) is 0 Å². The molecule has 0 N–H and O–H groups in total. The summed E-state index contributed by atoms with van der Waals surface area (Å²) >= 11 is 0. The molecule has 5 heterocycles. The van der Waals surface area contributed by atoms with Gasteiger partial charge in [0.15, 0.2) is 0 Å². The Labute approximate surface area is 206 Å². The molecule has 3 aliphatic heterocycles. The van der Waals surface area contributed by atoms with Crippen LogP contribution in [0.15, 0.2) is 54.9 Å². The Balaban J connectivity index is 1.08. The Bertz CT molecular complexity index is 1160. The van der Waals surface area contributed by atoms with Crippen molar-refractivity contribution in [3.8, 4) is 5.75 Å². The summed E-state index contributed by atoms with van der Waals surface area (Å²) in [6.07, 6.45) is 9.30. The van der Waals surface area contributed by atoms with Crippen LogP contribution in [0.4, 0.5) is 0 Å². The maximum Gasteiger partial charge on any atom is 0.254 e. The molecule has 3 aliphatic rings. The number of amides is 1. The molecule has 2 bridgehead atoms. The van der Waals surface area contributed by atoms with Gasteiger partial charge in [-0.2, -0.15) is 5.10 Å². The third kappa shape index (κ3) is 4.80. The Kier molecular flexibility index (Phi) is 6.44. The zero-order chi connectivity index (χ0) is 23.6. The minimum Gasteiger partial charge on any atom is -0.492 e. The zero-order valence-electron chi connectivity index (χ0n) is 20.2. The lowest BCUT2D eigenvalue weighted by atomic mass is 9.85. The van der Waals surface area contributed by atoms with Crippen molar-refractivity contribution in [2.75, 3.05) is 39.5 Å². The van der Waals surface area contributed by atoms with Gasteiger partial charge in [-0.25, -0.2) is 4.52 Å². The van der Waals surface area contributed by atoms with Gasteiger partial charge >= 0.3 is 0 Å². The number of hydrogen-bond acceptors (Lipinski definition) is 5. The van der Waals surface area contributed by atoms with Crippen LogP contribution in [0.3, 0.4) is 0 Å². The number of benzene rings is 1. The largest absolute Gasteiger partial charge is 0.492 e. The van der Waals surface area contributed by atoms with E-state index in [0.717, 1.165) is 76.3 Å². The molecule has 0 radical (unpaired) electrons. The molecular weight excluding hydrogens is 440 g/mol. The van der Waals surface area contributed by atoms with Crippen LogP contribution in [0.1, 0.15) is 41.6 Å². The van der Waals surface area contributed by atoms with E-state index in [9.17, 15) is 4.79 Å². The van der Waals surface area contributed by atoms with E-state index in [1.807, 2.05) is 41.2 Å².